The first-order valence-electron chi connectivity index (χ1n) is 9.60. The number of benzene rings is 2. The summed E-state index contributed by atoms with van der Waals surface area (Å²) >= 11 is 0. The van der Waals surface area contributed by atoms with Crippen molar-refractivity contribution in [1.29, 1.82) is 0 Å². The van der Waals surface area contributed by atoms with Gasteiger partial charge in [0.2, 0.25) is 15.9 Å². The molecule has 8 heteroatoms. The van der Waals surface area contributed by atoms with Gasteiger partial charge >= 0.3 is 0 Å². The Morgan fingerprint density at radius 1 is 1.10 bits per heavy atom. The van der Waals surface area contributed by atoms with Crippen LogP contribution in [0.4, 0.5) is 11.4 Å². The highest BCUT2D eigenvalue weighted by Gasteiger charge is 2.28. The molecule has 2 aromatic rings. The van der Waals surface area contributed by atoms with Gasteiger partial charge in [-0.05, 0) is 36.8 Å². The number of carbonyl (C=O) groups excluding carboxylic acids is 1. The fraction of sp³-hybridized carbons (Fsp3) is 0.381. The summed E-state index contributed by atoms with van der Waals surface area (Å²) in [6, 6.07) is 15.8. The number of amides is 1. The molecule has 0 aliphatic carbocycles. The lowest BCUT2D eigenvalue weighted by Crippen LogP contribution is -2.47. The van der Waals surface area contributed by atoms with E-state index in [-0.39, 0.29) is 5.91 Å². The van der Waals surface area contributed by atoms with Crippen molar-refractivity contribution < 1.29 is 17.9 Å². The monoisotopic (exact) mass is 417 g/mol. The third-order valence-electron chi connectivity index (χ3n) is 4.88. The van der Waals surface area contributed by atoms with E-state index in [1.165, 1.54) is 0 Å². The van der Waals surface area contributed by atoms with Gasteiger partial charge in [-0.3, -0.25) is 9.10 Å². The molecule has 0 spiro atoms. The third kappa shape index (κ3) is 5.48. The summed E-state index contributed by atoms with van der Waals surface area (Å²) in [6.07, 6.45) is 1.11. The normalized spacial score (nSPS) is 15.6. The van der Waals surface area contributed by atoms with E-state index in [4.69, 9.17) is 4.74 Å². The summed E-state index contributed by atoms with van der Waals surface area (Å²) in [5.74, 6) is -0.350. The number of ether oxygens (including phenoxy) is 1. The zero-order valence-corrected chi connectivity index (χ0v) is 17.6. The molecule has 0 radical (unpaired) electrons. The molecule has 0 bridgehead atoms. The molecule has 1 heterocycles. The molecular formula is C21H27N3O4S. The van der Waals surface area contributed by atoms with Crippen molar-refractivity contribution in [1.82, 2.24) is 5.32 Å². The van der Waals surface area contributed by atoms with Crippen LogP contribution in [0.15, 0.2) is 54.6 Å². The number of para-hydroxylation sites is 1. The summed E-state index contributed by atoms with van der Waals surface area (Å²) in [6.45, 7) is 5.12. The van der Waals surface area contributed by atoms with Gasteiger partial charge < -0.3 is 15.0 Å². The molecule has 0 saturated carbocycles. The van der Waals surface area contributed by atoms with Gasteiger partial charge in [-0.25, -0.2) is 8.42 Å². The van der Waals surface area contributed by atoms with Crippen molar-refractivity contribution in [2.75, 3.05) is 41.8 Å². The SMILES string of the molecule is C[C@@H](C(=O)NCc1ccc(N2CCOCC2)cc1)N(c1ccccc1)S(C)(=O)=O. The van der Waals surface area contributed by atoms with Gasteiger partial charge in [-0.1, -0.05) is 30.3 Å². The average Bonchev–Trinajstić information content (AvgIpc) is 2.73. The van der Waals surface area contributed by atoms with Gasteiger partial charge in [-0.15, -0.1) is 0 Å². The summed E-state index contributed by atoms with van der Waals surface area (Å²) in [4.78, 5) is 14.9. The van der Waals surface area contributed by atoms with Crippen molar-refractivity contribution >= 4 is 27.3 Å². The minimum Gasteiger partial charge on any atom is -0.378 e. The summed E-state index contributed by atoms with van der Waals surface area (Å²) in [5, 5.41) is 2.84. The molecule has 156 valence electrons. The Bertz CT molecular complexity index is 911. The Labute approximate surface area is 172 Å². The van der Waals surface area contributed by atoms with Crippen LogP contribution in [0.2, 0.25) is 0 Å². The lowest BCUT2D eigenvalue weighted by Gasteiger charge is -2.29. The first kappa shape index (κ1) is 21.1. The lowest BCUT2D eigenvalue weighted by molar-refractivity contribution is -0.122. The van der Waals surface area contributed by atoms with Crippen molar-refractivity contribution in [2.45, 2.75) is 19.5 Å². The number of hydrogen-bond donors (Lipinski definition) is 1. The topological polar surface area (TPSA) is 79.0 Å². The van der Waals surface area contributed by atoms with E-state index in [0.29, 0.717) is 12.2 Å². The van der Waals surface area contributed by atoms with Crippen molar-refractivity contribution in [3.05, 3.63) is 60.2 Å². The minimum absolute atomic E-state index is 0.332. The molecule has 1 aliphatic heterocycles. The van der Waals surface area contributed by atoms with E-state index in [9.17, 15) is 13.2 Å². The maximum absolute atomic E-state index is 12.7. The summed E-state index contributed by atoms with van der Waals surface area (Å²) in [7, 11) is -3.61. The maximum atomic E-state index is 12.7. The Hall–Kier alpha value is -2.58. The molecule has 2 aromatic carbocycles. The largest absolute Gasteiger partial charge is 0.378 e. The molecule has 3 rings (SSSR count). The van der Waals surface area contributed by atoms with Crippen LogP contribution < -0.4 is 14.5 Å². The van der Waals surface area contributed by atoms with Crippen LogP contribution in [-0.4, -0.2) is 52.9 Å². The molecule has 0 unspecified atom stereocenters. The van der Waals surface area contributed by atoms with Crippen molar-refractivity contribution in [2.24, 2.45) is 0 Å². The number of nitrogens with zero attached hydrogens (tertiary/aromatic N) is 2. The first-order chi connectivity index (χ1) is 13.9. The minimum atomic E-state index is -3.61. The van der Waals surface area contributed by atoms with E-state index < -0.39 is 16.1 Å². The Morgan fingerprint density at radius 3 is 2.31 bits per heavy atom. The van der Waals surface area contributed by atoms with Gasteiger partial charge in [0, 0.05) is 25.3 Å². The van der Waals surface area contributed by atoms with E-state index in [1.54, 1.807) is 37.3 Å². The molecule has 1 amide bonds. The maximum Gasteiger partial charge on any atom is 0.243 e. The fourth-order valence-electron chi connectivity index (χ4n) is 3.37. The van der Waals surface area contributed by atoms with Gasteiger partial charge in [0.15, 0.2) is 0 Å². The van der Waals surface area contributed by atoms with Crippen LogP contribution >= 0.6 is 0 Å². The number of carbonyl (C=O) groups is 1. The number of nitrogens with one attached hydrogen (secondary N) is 1. The highest BCUT2D eigenvalue weighted by molar-refractivity contribution is 7.92. The molecule has 0 aromatic heterocycles. The van der Waals surface area contributed by atoms with Gasteiger partial charge in [-0.2, -0.15) is 0 Å². The summed E-state index contributed by atoms with van der Waals surface area (Å²) in [5.41, 5.74) is 2.55. The quantitative estimate of drug-likeness (QED) is 0.745. The van der Waals surface area contributed by atoms with Crippen LogP contribution in [0.3, 0.4) is 0 Å². The van der Waals surface area contributed by atoms with Crippen LogP contribution in [0.1, 0.15) is 12.5 Å². The van der Waals surface area contributed by atoms with Gasteiger partial charge in [0.1, 0.15) is 6.04 Å². The second kappa shape index (κ2) is 9.28. The average molecular weight is 418 g/mol. The third-order valence-corrected chi connectivity index (χ3v) is 6.12. The van der Waals surface area contributed by atoms with Gasteiger partial charge in [0.05, 0.1) is 25.2 Å². The van der Waals surface area contributed by atoms with Crippen molar-refractivity contribution in [3.8, 4) is 0 Å². The van der Waals surface area contributed by atoms with E-state index in [2.05, 4.69) is 10.2 Å². The first-order valence-corrected chi connectivity index (χ1v) is 11.4. The highest BCUT2D eigenvalue weighted by atomic mass is 32.2. The molecule has 1 N–H and O–H groups in total. The zero-order chi connectivity index (χ0) is 20.9. The molecule has 1 aliphatic rings. The number of anilines is 2. The highest BCUT2D eigenvalue weighted by Crippen LogP contribution is 2.20. The molecule has 1 fully saturated rings. The van der Waals surface area contributed by atoms with Crippen LogP contribution in [0, 0.1) is 0 Å². The zero-order valence-electron chi connectivity index (χ0n) is 16.7. The number of morpholine rings is 1. The Balaban J connectivity index is 1.63. The predicted octanol–water partition coefficient (Wildman–Crippen LogP) is 1.99. The number of hydrogen-bond acceptors (Lipinski definition) is 5. The second-order valence-electron chi connectivity index (χ2n) is 7.05. The molecular weight excluding hydrogens is 390 g/mol. The standard InChI is InChI=1S/C21H27N3O4S/c1-17(24(29(2,26)27)20-6-4-3-5-7-20)21(25)22-16-18-8-10-19(11-9-18)23-12-14-28-15-13-23/h3-11,17H,12-16H2,1-2H3,(H,22,25)/t17-/m0/s1. The van der Waals surface area contributed by atoms with Crippen LogP contribution in [-0.2, 0) is 26.1 Å². The predicted molar refractivity (Wildman–Crippen MR) is 115 cm³/mol. The van der Waals surface area contributed by atoms with Crippen LogP contribution in [0.5, 0.6) is 0 Å². The fourth-order valence-corrected chi connectivity index (χ4v) is 4.54. The molecule has 1 atom stereocenters. The number of rotatable bonds is 7. The smallest absolute Gasteiger partial charge is 0.243 e. The lowest BCUT2D eigenvalue weighted by atomic mass is 10.1. The van der Waals surface area contributed by atoms with E-state index in [1.807, 2.05) is 24.3 Å². The number of sulfonamides is 1. The van der Waals surface area contributed by atoms with Gasteiger partial charge in [0.25, 0.3) is 0 Å². The van der Waals surface area contributed by atoms with Crippen molar-refractivity contribution in [3.63, 3.8) is 0 Å². The Morgan fingerprint density at radius 2 is 1.72 bits per heavy atom. The second-order valence-corrected chi connectivity index (χ2v) is 8.91. The Kier molecular flexibility index (Phi) is 6.76. The summed E-state index contributed by atoms with van der Waals surface area (Å²) < 4.78 is 31.1. The molecule has 29 heavy (non-hydrogen) atoms. The van der Waals surface area contributed by atoms with Crippen LogP contribution in [0.25, 0.3) is 0 Å². The van der Waals surface area contributed by atoms with E-state index in [0.717, 1.165) is 48.1 Å². The van der Waals surface area contributed by atoms with E-state index >= 15 is 0 Å². The molecule has 7 nitrogen and oxygen atoms in total. The molecule has 1 saturated heterocycles.